The fraction of sp³-hybridized carbons (Fsp3) is 0.588. The molecule has 0 spiro atoms. The van der Waals surface area contributed by atoms with E-state index in [0.717, 1.165) is 5.56 Å². The number of aromatic nitrogens is 1. The van der Waals surface area contributed by atoms with Gasteiger partial charge in [-0.2, -0.15) is 13.2 Å². The number of hydrogen-bond acceptors (Lipinski definition) is 4. The summed E-state index contributed by atoms with van der Waals surface area (Å²) in [6.07, 6.45) is 0.586. The van der Waals surface area contributed by atoms with Crippen molar-refractivity contribution in [2.24, 2.45) is 5.92 Å². The molecule has 3 N–H and O–H groups in total. The molecule has 0 aliphatic heterocycles. The molecular formula is C17H23F3N2O4. The molecular weight excluding hydrogens is 353 g/mol. The number of halogens is 3. The summed E-state index contributed by atoms with van der Waals surface area (Å²) in [5.74, 6) is -2.84. The van der Waals surface area contributed by atoms with Crippen LogP contribution in [0, 0.1) is 5.92 Å². The lowest BCUT2D eigenvalue weighted by Gasteiger charge is -2.24. The second-order valence-corrected chi connectivity index (χ2v) is 6.46. The zero-order chi connectivity index (χ0) is 19.9. The van der Waals surface area contributed by atoms with Crippen LogP contribution in [0.4, 0.5) is 13.2 Å². The predicted octanol–water partition coefficient (Wildman–Crippen LogP) is 3.18. The summed E-state index contributed by atoms with van der Waals surface area (Å²) in [4.78, 5) is 24.5. The molecule has 26 heavy (non-hydrogen) atoms. The molecule has 2 rings (SSSR count). The minimum Gasteiger partial charge on any atom is -0.480 e. The van der Waals surface area contributed by atoms with Crippen LogP contribution in [0.2, 0.25) is 0 Å². The minimum atomic E-state index is -5.08. The molecule has 0 amide bonds. The average molecular weight is 376 g/mol. The van der Waals surface area contributed by atoms with E-state index in [1.807, 2.05) is 26.1 Å². The molecule has 0 aromatic carbocycles. The largest absolute Gasteiger partial charge is 0.490 e. The van der Waals surface area contributed by atoms with Gasteiger partial charge in [0.15, 0.2) is 0 Å². The van der Waals surface area contributed by atoms with Gasteiger partial charge < -0.3 is 15.5 Å². The van der Waals surface area contributed by atoms with Crippen LogP contribution in [0.3, 0.4) is 0 Å². The summed E-state index contributed by atoms with van der Waals surface area (Å²) in [5.41, 5.74) is 2.21. The van der Waals surface area contributed by atoms with Crippen LogP contribution in [0.5, 0.6) is 0 Å². The Balaban J connectivity index is 0.000000412. The third-order valence-electron chi connectivity index (χ3n) is 4.07. The number of rotatable bonds is 6. The highest BCUT2D eigenvalue weighted by Gasteiger charge is 2.38. The minimum absolute atomic E-state index is 0.0692. The van der Waals surface area contributed by atoms with Crippen molar-refractivity contribution < 1.29 is 33.0 Å². The number of hydrogen-bond donors (Lipinski definition) is 3. The van der Waals surface area contributed by atoms with Crippen molar-refractivity contribution in [2.75, 3.05) is 0 Å². The van der Waals surface area contributed by atoms with Crippen LogP contribution in [0.25, 0.3) is 0 Å². The zero-order valence-corrected chi connectivity index (χ0v) is 14.6. The van der Waals surface area contributed by atoms with Gasteiger partial charge in [-0.1, -0.05) is 26.3 Å². The van der Waals surface area contributed by atoms with Crippen molar-refractivity contribution in [2.45, 2.75) is 57.8 Å². The fourth-order valence-corrected chi connectivity index (χ4v) is 2.32. The third-order valence-corrected chi connectivity index (χ3v) is 4.07. The topological polar surface area (TPSA) is 99.5 Å². The maximum atomic E-state index is 11.1. The molecule has 6 nitrogen and oxygen atoms in total. The van der Waals surface area contributed by atoms with Gasteiger partial charge in [0.2, 0.25) is 0 Å². The first-order valence-electron chi connectivity index (χ1n) is 8.23. The standard InChI is InChI=1S/C15H22N2O2.C2HF3O2/c1-10(2)14(15(18)19)17-9-11-6-7-13(16-8-11)12-4-3-5-12;3-2(4,5)1(6)7/h6-8,10,12,14,17H,3-5,9H2,1-2H3,(H,18,19);(H,6,7)/t14-;/m1./s1. The van der Waals surface area contributed by atoms with E-state index in [2.05, 4.69) is 16.4 Å². The van der Waals surface area contributed by atoms with Crippen molar-refractivity contribution in [1.82, 2.24) is 10.3 Å². The molecule has 1 aromatic heterocycles. The molecule has 1 fully saturated rings. The summed E-state index contributed by atoms with van der Waals surface area (Å²) < 4.78 is 31.7. The van der Waals surface area contributed by atoms with E-state index >= 15 is 0 Å². The van der Waals surface area contributed by atoms with Crippen molar-refractivity contribution in [3.63, 3.8) is 0 Å². The number of pyridine rings is 1. The Morgan fingerprint density at radius 3 is 2.15 bits per heavy atom. The van der Waals surface area contributed by atoms with Crippen molar-refractivity contribution in [3.05, 3.63) is 29.6 Å². The van der Waals surface area contributed by atoms with E-state index in [-0.39, 0.29) is 5.92 Å². The number of carbonyl (C=O) groups is 2. The number of carboxylic acid groups (broad SMARTS) is 2. The summed E-state index contributed by atoms with van der Waals surface area (Å²) in [5, 5.41) is 19.3. The normalized spacial score (nSPS) is 15.6. The van der Waals surface area contributed by atoms with Crippen LogP contribution in [-0.4, -0.2) is 39.4 Å². The van der Waals surface area contributed by atoms with Crippen molar-refractivity contribution >= 4 is 11.9 Å². The summed E-state index contributed by atoms with van der Waals surface area (Å²) in [6, 6.07) is 3.62. The van der Waals surface area contributed by atoms with Gasteiger partial charge >= 0.3 is 18.1 Å². The Bertz CT molecular complexity index is 599. The van der Waals surface area contributed by atoms with Crippen LogP contribution >= 0.6 is 0 Å². The van der Waals surface area contributed by atoms with E-state index < -0.39 is 24.2 Å². The van der Waals surface area contributed by atoms with E-state index in [1.165, 1.54) is 25.0 Å². The van der Waals surface area contributed by atoms with Gasteiger partial charge in [-0.15, -0.1) is 0 Å². The number of carboxylic acids is 2. The number of nitrogens with one attached hydrogen (secondary N) is 1. The SMILES string of the molecule is CC(C)[C@@H](NCc1ccc(C2CCC2)nc1)C(=O)O.O=C(O)C(F)(F)F. The first-order chi connectivity index (χ1) is 12.0. The number of nitrogens with zero attached hydrogens (tertiary/aromatic N) is 1. The van der Waals surface area contributed by atoms with E-state index in [4.69, 9.17) is 15.0 Å². The molecule has 0 radical (unpaired) electrons. The maximum absolute atomic E-state index is 11.1. The van der Waals surface area contributed by atoms with Gasteiger partial charge in [-0.25, -0.2) is 4.79 Å². The average Bonchev–Trinajstić information content (AvgIpc) is 2.46. The lowest BCUT2D eigenvalue weighted by atomic mass is 9.82. The highest BCUT2D eigenvalue weighted by molar-refractivity contribution is 5.73. The van der Waals surface area contributed by atoms with Crippen molar-refractivity contribution in [3.8, 4) is 0 Å². The highest BCUT2D eigenvalue weighted by atomic mass is 19.4. The van der Waals surface area contributed by atoms with E-state index in [0.29, 0.717) is 12.5 Å². The van der Waals surface area contributed by atoms with Gasteiger partial charge in [0.05, 0.1) is 0 Å². The maximum Gasteiger partial charge on any atom is 0.490 e. The quantitative estimate of drug-likeness (QED) is 0.705. The van der Waals surface area contributed by atoms with Crippen LogP contribution in [-0.2, 0) is 16.1 Å². The van der Waals surface area contributed by atoms with Crippen molar-refractivity contribution in [1.29, 1.82) is 0 Å². The van der Waals surface area contributed by atoms with Crippen LogP contribution in [0.15, 0.2) is 18.3 Å². The van der Waals surface area contributed by atoms with Gasteiger partial charge in [0.1, 0.15) is 6.04 Å². The molecule has 1 aliphatic carbocycles. The van der Waals surface area contributed by atoms with Gasteiger partial charge in [-0.3, -0.25) is 9.78 Å². The molecule has 1 heterocycles. The van der Waals surface area contributed by atoms with E-state index in [1.54, 1.807) is 0 Å². The highest BCUT2D eigenvalue weighted by Crippen LogP contribution is 2.34. The number of aliphatic carboxylic acids is 2. The van der Waals surface area contributed by atoms with Gasteiger partial charge in [-0.05, 0) is 30.4 Å². The monoisotopic (exact) mass is 376 g/mol. The summed E-state index contributed by atoms with van der Waals surface area (Å²) in [7, 11) is 0. The lowest BCUT2D eigenvalue weighted by Crippen LogP contribution is -2.40. The molecule has 146 valence electrons. The summed E-state index contributed by atoms with van der Waals surface area (Å²) >= 11 is 0. The Morgan fingerprint density at radius 1 is 1.27 bits per heavy atom. The molecule has 1 aliphatic rings. The van der Waals surface area contributed by atoms with Crippen LogP contribution < -0.4 is 5.32 Å². The first kappa shape index (κ1) is 21.9. The second-order valence-electron chi connectivity index (χ2n) is 6.46. The lowest BCUT2D eigenvalue weighted by molar-refractivity contribution is -0.192. The fourth-order valence-electron chi connectivity index (χ4n) is 2.32. The Morgan fingerprint density at radius 2 is 1.85 bits per heavy atom. The van der Waals surface area contributed by atoms with Crippen LogP contribution in [0.1, 0.15) is 50.3 Å². The smallest absolute Gasteiger partial charge is 0.480 e. The van der Waals surface area contributed by atoms with Gasteiger partial charge in [0.25, 0.3) is 0 Å². The van der Waals surface area contributed by atoms with Gasteiger partial charge in [0, 0.05) is 24.4 Å². The third kappa shape index (κ3) is 6.99. The zero-order valence-electron chi connectivity index (χ0n) is 14.6. The molecule has 1 aromatic rings. The van der Waals surface area contributed by atoms with E-state index in [9.17, 15) is 18.0 Å². The molecule has 0 unspecified atom stereocenters. The predicted molar refractivity (Wildman–Crippen MR) is 87.6 cm³/mol. The number of alkyl halides is 3. The summed E-state index contributed by atoms with van der Waals surface area (Å²) in [6.45, 7) is 4.36. The molecule has 1 saturated carbocycles. The molecule has 1 atom stereocenters. The Hall–Kier alpha value is -2.16. The second kappa shape index (κ2) is 9.51. The molecule has 9 heteroatoms. The molecule has 0 saturated heterocycles. The molecule has 0 bridgehead atoms. The Kier molecular flexibility index (Phi) is 8.01. The Labute approximate surface area is 149 Å². The first-order valence-corrected chi connectivity index (χ1v) is 8.23.